The van der Waals surface area contributed by atoms with Crippen LogP contribution in [-0.4, -0.2) is 59.0 Å². The third-order valence-electron chi connectivity index (χ3n) is 4.61. The summed E-state index contributed by atoms with van der Waals surface area (Å²) in [6.07, 6.45) is 1.61. The van der Waals surface area contributed by atoms with Crippen LogP contribution in [-0.2, 0) is 4.79 Å². The number of rotatable bonds is 9. The molecule has 0 saturated heterocycles. The van der Waals surface area contributed by atoms with E-state index in [2.05, 4.69) is 41.8 Å². The first-order valence-electron chi connectivity index (χ1n) is 9.09. The summed E-state index contributed by atoms with van der Waals surface area (Å²) in [5.41, 5.74) is 1.24. The molecule has 1 aromatic carbocycles. The molecule has 26 heavy (non-hydrogen) atoms. The zero-order chi connectivity index (χ0) is 19.1. The summed E-state index contributed by atoms with van der Waals surface area (Å²) in [6, 6.07) is 8.66. The van der Waals surface area contributed by atoms with Crippen molar-refractivity contribution in [2.24, 2.45) is 0 Å². The fourth-order valence-corrected chi connectivity index (χ4v) is 3.88. The highest BCUT2D eigenvalue weighted by Crippen LogP contribution is 2.25. The SMILES string of the molecule is CCN(CC(=O)O)C1CC(NC(=O)NC(C)CSc2ccc(C)cc2)C1. The van der Waals surface area contributed by atoms with Crippen LogP contribution in [0.5, 0.6) is 0 Å². The quantitative estimate of drug-likeness (QED) is 0.575. The van der Waals surface area contributed by atoms with E-state index < -0.39 is 5.97 Å². The number of amides is 2. The normalized spacial score (nSPS) is 20.3. The number of carboxylic acid groups (broad SMARTS) is 1. The van der Waals surface area contributed by atoms with E-state index in [0.717, 1.165) is 18.6 Å². The lowest BCUT2D eigenvalue weighted by atomic mass is 9.85. The number of likely N-dealkylation sites (N-methyl/N-ethyl adjacent to an activating group) is 1. The van der Waals surface area contributed by atoms with Crippen molar-refractivity contribution < 1.29 is 14.7 Å². The first kappa shape index (κ1) is 20.6. The molecule has 0 aliphatic heterocycles. The van der Waals surface area contributed by atoms with Gasteiger partial charge in [-0.15, -0.1) is 11.8 Å². The van der Waals surface area contributed by atoms with Gasteiger partial charge in [0.05, 0.1) is 6.54 Å². The highest BCUT2D eigenvalue weighted by atomic mass is 32.2. The maximum Gasteiger partial charge on any atom is 0.317 e. The monoisotopic (exact) mass is 379 g/mol. The van der Waals surface area contributed by atoms with E-state index >= 15 is 0 Å². The topological polar surface area (TPSA) is 81.7 Å². The van der Waals surface area contributed by atoms with Gasteiger partial charge in [0.15, 0.2) is 0 Å². The van der Waals surface area contributed by atoms with E-state index in [1.807, 2.05) is 18.7 Å². The number of carbonyl (C=O) groups is 2. The molecule has 1 saturated carbocycles. The van der Waals surface area contributed by atoms with E-state index in [1.165, 1.54) is 10.5 Å². The van der Waals surface area contributed by atoms with Gasteiger partial charge in [-0.3, -0.25) is 9.69 Å². The summed E-state index contributed by atoms with van der Waals surface area (Å²) >= 11 is 1.73. The molecule has 6 nitrogen and oxygen atoms in total. The number of urea groups is 1. The zero-order valence-electron chi connectivity index (χ0n) is 15.7. The Balaban J connectivity index is 1.64. The van der Waals surface area contributed by atoms with Gasteiger partial charge in [0.2, 0.25) is 0 Å². The van der Waals surface area contributed by atoms with Crippen LogP contribution in [0.2, 0.25) is 0 Å². The summed E-state index contributed by atoms with van der Waals surface area (Å²) in [4.78, 5) is 26.1. The fourth-order valence-electron chi connectivity index (χ4n) is 3.02. The fraction of sp³-hybridized carbons (Fsp3) is 0.579. The number of carbonyl (C=O) groups excluding carboxylic acids is 1. The van der Waals surface area contributed by atoms with E-state index in [1.54, 1.807) is 11.8 Å². The van der Waals surface area contributed by atoms with Crippen LogP contribution >= 0.6 is 11.8 Å². The lowest BCUT2D eigenvalue weighted by molar-refractivity contribution is -0.139. The highest BCUT2D eigenvalue weighted by molar-refractivity contribution is 7.99. The summed E-state index contributed by atoms with van der Waals surface area (Å²) < 4.78 is 0. The molecule has 2 rings (SSSR count). The largest absolute Gasteiger partial charge is 0.480 e. The third-order valence-corrected chi connectivity index (χ3v) is 5.88. The molecule has 1 aliphatic carbocycles. The number of benzene rings is 1. The molecule has 0 radical (unpaired) electrons. The summed E-state index contributed by atoms with van der Waals surface area (Å²) in [7, 11) is 0. The van der Waals surface area contributed by atoms with Gasteiger partial charge in [0.1, 0.15) is 0 Å². The summed E-state index contributed by atoms with van der Waals surface area (Å²) in [5.74, 6) is 0.00679. The van der Waals surface area contributed by atoms with Gasteiger partial charge in [-0.05, 0) is 45.4 Å². The van der Waals surface area contributed by atoms with Gasteiger partial charge >= 0.3 is 12.0 Å². The molecule has 3 N–H and O–H groups in total. The zero-order valence-corrected chi connectivity index (χ0v) is 16.5. The number of hydrogen-bond donors (Lipinski definition) is 3. The lowest BCUT2D eigenvalue weighted by Crippen LogP contribution is -2.57. The van der Waals surface area contributed by atoms with Gasteiger partial charge in [-0.25, -0.2) is 4.79 Å². The average molecular weight is 380 g/mol. The Labute approximate surface area is 159 Å². The molecule has 144 valence electrons. The Hall–Kier alpha value is -1.73. The van der Waals surface area contributed by atoms with Crippen LogP contribution < -0.4 is 10.6 Å². The molecule has 7 heteroatoms. The lowest BCUT2D eigenvalue weighted by Gasteiger charge is -2.42. The molecule has 2 amide bonds. The molecule has 0 bridgehead atoms. The molecule has 1 aliphatic rings. The highest BCUT2D eigenvalue weighted by Gasteiger charge is 2.34. The number of nitrogens with one attached hydrogen (secondary N) is 2. The Bertz CT molecular complexity index is 603. The predicted octanol–water partition coefficient (Wildman–Crippen LogP) is 2.71. The van der Waals surface area contributed by atoms with Crippen LogP contribution in [0.1, 0.15) is 32.3 Å². The van der Waals surface area contributed by atoms with Crippen LogP contribution in [0.3, 0.4) is 0 Å². The van der Waals surface area contributed by atoms with E-state index in [0.29, 0.717) is 6.54 Å². The maximum atomic E-state index is 12.1. The Morgan fingerprint density at radius 1 is 1.31 bits per heavy atom. The molecule has 1 fully saturated rings. The molecule has 0 heterocycles. The van der Waals surface area contributed by atoms with Gasteiger partial charge in [0.25, 0.3) is 0 Å². The van der Waals surface area contributed by atoms with Crippen LogP contribution in [0.15, 0.2) is 29.2 Å². The first-order valence-corrected chi connectivity index (χ1v) is 10.1. The van der Waals surface area contributed by atoms with Crippen molar-refractivity contribution in [3.8, 4) is 0 Å². The Kier molecular flexibility index (Phi) is 7.78. The minimum absolute atomic E-state index is 0.0628. The average Bonchev–Trinajstić information content (AvgIpc) is 2.55. The number of thioether (sulfide) groups is 1. The second-order valence-corrected chi connectivity index (χ2v) is 8.02. The smallest absolute Gasteiger partial charge is 0.317 e. The van der Waals surface area contributed by atoms with Gasteiger partial charge in [-0.1, -0.05) is 24.6 Å². The predicted molar refractivity (Wildman–Crippen MR) is 105 cm³/mol. The van der Waals surface area contributed by atoms with Crippen molar-refractivity contribution in [3.05, 3.63) is 29.8 Å². The minimum atomic E-state index is -0.805. The molecule has 0 spiro atoms. The van der Waals surface area contributed by atoms with Crippen molar-refractivity contribution >= 4 is 23.8 Å². The minimum Gasteiger partial charge on any atom is -0.480 e. The maximum absolute atomic E-state index is 12.1. The van der Waals surface area contributed by atoms with Crippen LogP contribution in [0.4, 0.5) is 4.79 Å². The number of hydrogen-bond acceptors (Lipinski definition) is 4. The molecule has 1 unspecified atom stereocenters. The molecular weight excluding hydrogens is 350 g/mol. The molecule has 1 aromatic rings. The summed E-state index contributed by atoms with van der Waals surface area (Å²) in [6.45, 7) is 6.80. The van der Waals surface area contributed by atoms with Crippen LogP contribution in [0, 0.1) is 6.92 Å². The molecule has 1 atom stereocenters. The standard InChI is InChI=1S/C19H29N3O3S/c1-4-22(11-18(23)24)16-9-15(10-16)21-19(25)20-14(3)12-26-17-7-5-13(2)6-8-17/h5-8,14-16H,4,9-12H2,1-3H3,(H,23,24)(H2,20,21,25). The first-order chi connectivity index (χ1) is 12.4. The second-order valence-electron chi connectivity index (χ2n) is 6.92. The van der Waals surface area contributed by atoms with Crippen molar-refractivity contribution in [2.75, 3.05) is 18.8 Å². The third kappa shape index (κ3) is 6.53. The summed E-state index contributed by atoms with van der Waals surface area (Å²) in [5, 5.41) is 14.9. The molecule has 0 aromatic heterocycles. The van der Waals surface area contributed by atoms with Gasteiger partial charge in [0, 0.05) is 28.8 Å². The van der Waals surface area contributed by atoms with E-state index in [4.69, 9.17) is 5.11 Å². The van der Waals surface area contributed by atoms with Gasteiger partial charge in [-0.2, -0.15) is 0 Å². The van der Waals surface area contributed by atoms with Crippen molar-refractivity contribution in [2.45, 2.75) is 56.6 Å². The van der Waals surface area contributed by atoms with Gasteiger partial charge < -0.3 is 15.7 Å². The van der Waals surface area contributed by atoms with Crippen molar-refractivity contribution in [1.82, 2.24) is 15.5 Å². The van der Waals surface area contributed by atoms with E-state index in [-0.39, 0.29) is 30.7 Å². The van der Waals surface area contributed by atoms with Crippen molar-refractivity contribution in [1.29, 1.82) is 0 Å². The Morgan fingerprint density at radius 3 is 2.54 bits per heavy atom. The van der Waals surface area contributed by atoms with Crippen molar-refractivity contribution in [3.63, 3.8) is 0 Å². The Morgan fingerprint density at radius 2 is 1.96 bits per heavy atom. The second kappa shape index (κ2) is 9.83. The number of aliphatic carboxylic acids is 1. The molecular formula is C19H29N3O3S. The van der Waals surface area contributed by atoms with E-state index in [9.17, 15) is 9.59 Å². The number of aryl methyl sites for hydroxylation is 1. The van der Waals surface area contributed by atoms with Crippen LogP contribution in [0.25, 0.3) is 0 Å². The number of nitrogens with zero attached hydrogens (tertiary/aromatic N) is 1. The number of carboxylic acids is 1.